The molecule has 1 nitrogen and oxygen atoms in total. The Morgan fingerprint density at radius 1 is 1.56 bits per heavy atom. The van der Waals surface area contributed by atoms with E-state index in [2.05, 4.69) is 15.9 Å². The Morgan fingerprint density at radius 2 is 2.00 bits per heavy atom. The number of allylic oxidation sites excluding steroid dienone is 4. The number of rotatable bonds is 1. The average Bonchev–Trinajstić information content (AvgIpc) is 1.63. The highest BCUT2D eigenvalue weighted by molar-refractivity contribution is 9.11. The van der Waals surface area contributed by atoms with Gasteiger partial charge in [0, 0.05) is 0 Å². The third kappa shape index (κ3) is 4.21. The summed E-state index contributed by atoms with van der Waals surface area (Å²) in [5.74, 6) is -0.262. The fraction of sp³-hybridized carbons (Fsp3) is 0.333. The molecule has 0 aliphatic heterocycles. The highest BCUT2D eigenvalue weighted by atomic mass is 79.9. The van der Waals surface area contributed by atoms with Crippen LogP contribution in [0.1, 0.15) is 13.8 Å². The second-order valence-electron chi connectivity index (χ2n) is 1.67. The minimum Gasteiger partial charge on any atom is -0.513 e. The predicted octanol–water partition coefficient (Wildman–Crippen LogP) is 3.04. The van der Waals surface area contributed by atoms with Crippen LogP contribution in [-0.4, -0.2) is 5.11 Å². The number of halogens is 2. The first kappa shape index (κ1) is 8.69. The van der Waals surface area contributed by atoms with Crippen LogP contribution >= 0.6 is 15.9 Å². The lowest BCUT2D eigenvalue weighted by atomic mass is 10.4. The second-order valence-corrected chi connectivity index (χ2v) is 2.52. The summed E-state index contributed by atoms with van der Waals surface area (Å²) >= 11 is 2.91. The summed E-state index contributed by atoms with van der Waals surface area (Å²) in [6.45, 7) is 2.79. The monoisotopic (exact) mass is 194 g/mol. The van der Waals surface area contributed by atoms with Gasteiger partial charge in [0.25, 0.3) is 0 Å². The van der Waals surface area contributed by atoms with Crippen LogP contribution in [0.15, 0.2) is 22.1 Å². The number of hydrogen-bond acceptors (Lipinski definition) is 1. The molecule has 0 heterocycles. The Hall–Kier alpha value is -0.310. The van der Waals surface area contributed by atoms with Gasteiger partial charge in [-0.2, -0.15) is 0 Å². The summed E-state index contributed by atoms with van der Waals surface area (Å²) < 4.78 is 12.4. The summed E-state index contributed by atoms with van der Waals surface area (Å²) in [5, 5.41) is 8.60. The van der Waals surface area contributed by atoms with Crippen molar-refractivity contribution in [3.05, 3.63) is 22.1 Å². The molecule has 1 N–H and O–H groups in total. The maximum Gasteiger partial charge on any atom is 0.111 e. The maximum absolute atomic E-state index is 12.1. The van der Waals surface area contributed by atoms with Crippen LogP contribution in [0.5, 0.6) is 0 Å². The quantitative estimate of drug-likeness (QED) is 0.503. The van der Waals surface area contributed by atoms with Crippen LogP contribution in [0, 0.1) is 0 Å². The lowest BCUT2D eigenvalue weighted by molar-refractivity contribution is 0.414. The van der Waals surface area contributed by atoms with Crippen molar-refractivity contribution in [1.29, 1.82) is 0 Å². The maximum atomic E-state index is 12.1. The molecule has 0 fully saturated rings. The first-order valence-electron chi connectivity index (χ1n) is 2.43. The zero-order valence-corrected chi connectivity index (χ0v) is 6.87. The minimum atomic E-state index is -0.344. The number of aliphatic hydroxyl groups is 1. The molecule has 0 unspecified atom stereocenters. The Labute approximate surface area is 62.0 Å². The van der Waals surface area contributed by atoms with E-state index >= 15 is 0 Å². The lowest BCUT2D eigenvalue weighted by Crippen LogP contribution is -1.72. The van der Waals surface area contributed by atoms with Gasteiger partial charge in [0.1, 0.15) is 5.83 Å². The van der Waals surface area contributed by atoms with Crippen molar-refractivity contribution in [1.82, 2.24) is 0 Å². The summed E-state index contributed by atoms with van der Waals surface area (Å²) in [7, 11) is 0. The molecule has 0 saturated heterocycles. The first-order chi connectivity index (χ1) is 4.04. The summed E-state index contributed by atoms with van der Waals surface area (Å²) in [6, 6.07) is 0. The molecule has 0 amide bonds. The van der Waals surface area contributed by atoms with Crippen molar-refractivity contribution in [2.75, 3.05) is 0 Å². The summed E-state index contributed by atoms with van der Waals surface area (Å²) in [4.78, 5) is 0. The number of aliphatic hydroxyl groups excluding tert-OH is 1. The Morgan fingerprint density at radius 3 is 2.11 bits per heavy atom. The van der Waals surface area contributed by atoms with Crippen molar-refractivity contribution in [2.24, 2.45) is 0 Å². The standard InChI is InChI=1S/C6H8BrFO/c1-4(9)3-6(7)5(2)8/h3,9H,1-2H3/b4-3+,6-5-. The van der Waals surface area contributed by atoms with Gasteiger partial charge < -0.3 is 5.11 Å². The molecule has 0 atom stereocenters. The fourth-order valence-electron chi connectivity index (χ4n) is 0.283. The molecule has 0 aliphatic rings. The molecule has 0 aromatic carbocycles. The number of hydrogen-bond donors (Lipinski definition) is 1. The van der Waals surface area contributed by atoms with Gasteiger partial charge in [0.05, 0.1) is 10.2 Å². The largest absolute Gasteiger partial charge is 0.513 e. The molecule has 0 aromatic heterocycles. The highest BCUT2D eigenvalue weighted by Gasteiger charge is 1.92. The van der Waals surface area contributed by atoms with Crippen LogP contribution in [0.2, 0.25) is 0 Å². The van der Waals surface area contributed by atoms with E-state index in [0.29, 0.717) is 0 Å². The first-order valence-corrected chi connectivity index (χ1v) is 3.22. The third-order valence-corrected chi connectivity index (χ3v) is 1.44. The highest BCUT2D eigenvalue weighted by Crippen LogP contribution is 2.14. The topological polar surface area (TPSA) is 20.2 Å². The van der Waals surface area contributed by atoms with Gasteiger partial charge in [-0.1, -0.05) is 0 Å². The van der Waals surface area contributed by atoms with Crippen molar-refractivity contribution in [2.45, 2.75) is 13.8 Å². The lowest BCUT2D eigenvalue weighted by Gasteiger charge is -1.89. The van der Waals surface area contributed by atoms with Gasteiger partial charge >= 0.3 is 0 Å². The van der Waals surface area contributed by atoms with E-state index in [1.807, 2.05) is 0 Å². The predicted molar refractivity (Wildman–Crippen MR) is 39.1 cm³/mol. The van der Waals surface area contributed by atoms with Crippen LogP contribution in [0.25, 0.3) is 0 Å². The molecule has 0 aliphatic carbocycles. The minimum absolute atomic E-state index is 0.0823. The zero-order valence-electron chi connectivity index (χ0n) is 5.28. The summed E-state index contributed by atoms with van der Waals surface area (Å²) in [6.07, 6.45) is 1.30. The van der Waals surface area contributed by atoms with Gasteiger partial charge in [-0.25, -0.2) is 4.39 Å². The molecule has 0 saturated carbocycles. The molecule has 0 rings (SSSR count). The molecule has 3 heteroatoms. The van der Waals surface area contributed by atoms with E-state index in [-0.39, 0.29) is 16.1 Å². The Balaban J connectivity index is 4.25. The van der Waals surface area contributed by atoms with Crippen molar-refractivity contribution in [3.8, 4) is 0 Å². The van der Waals surface area contributed by atoms with E-state index in [1.165, 1.54) is 19.9 Å². The van der Waals surface area contributed by atoms with E-state index in [1.54, 1.807) is 0 Å². The molecule has 0 spiro atoms. The smallest absolute Gasteiger partial charge is 0.111 e. The zero-order chi connectivity index (χ0) is 7.44. The van der Waals surface area contributed by atoms with Crippen molar-refractivity contribution < 1.29 is 9.50 Å². The van der Waals surface area contributed by atoms with Crippen LogP contribution in [-0.2, 0) is 0 Å². The molecule has 0 radical (unpaired) electrons. The van der Waals surface area contributed by atoms with Crippen LogP contribution in [0.4, 0.5) is 4.39 Å². The Kier molecular flexibility index (Phi) is 3.54. The van der Waals surface area contributed by atoms with Crippen molar-refractivity contribution in [3.63, 3.8) is 0 Å². The summed E-state index contributed by atoms with van der Waals surface area (Å²) in [5.41, 5.74) is 0. The van der Waals surface area contributed by atoms with Gasteiger partial charge in [-0.15, -0.1) is 0 Å². The van der Waals surface area contributed by atoms with E-state index in [9.17, 15) is 4.39 Å². The van der Waals surface area contributed by atoms with E-state index < -0.39 is 0 Å². The second kappa shape index (κ2) is 3.67. The van der Waals surface area contributed by atoms with Gasteiger partial charge in [-0.3, -0.25) is 0 Å². The SMILES string of the molecule is C/C(F)=C(Br)\C=C(/C)O. The van der Waals surface area contributed by atoms with Crippen LogP contribution < -0.4 is 0 Å². The normalized spacial score (nSPS) is 15.3. The molecule has 52 valence electrons. The van der Waals surface area contributed by atoms with E-state index in [4.69, 9.17) is 5.11 Å². The fourth-order valence-corrected chi connectivity index (χ4v) is 0.614. The van der Waals surface area contributed by atoms with Gasteiger partial charge in [0.2, 0.25) is 0 Å². The van der Waals surface area contributed by atoms with Crippen LogP contribution in [0.3, 0.4) is 0 Å². The molecule has 0 aromatic rings. The van der Waals surface area contributed by atoms with Crippen molar-refractivity contribution >= 4 is 15.9 Å². The van der Waals surface area contributed by atoms with Gasteiger partial charge in [-0.05, 0) is 35.9 Å². The van der Waals surface area contributed by atoms with E-state index in [0.717, 1.165) is 0 Å². The molecular formula is C6H8BrFO. The molecule has 0 bridgehead atoms. The Bertz CT molecular complexity index is 152. The van der Waals surface area contributed by atoms with Gasteiger partial charge in [0.15, 0.2) is 0 Å². The average molecular weight is 195 g/mol. The molecule has 9 heavy (non-hydrogen) atoms. The molecular weight excluding hydrogens is 187 g/mol. The third-order valence-electron chi connectivity index (χ3n) is 0.665.